The van der Waals surface area contributed by atoms with Crippen molar-refractivity contribution in [1.29, 1.82) is 0 Å². The number of amides is 5. The van der Waals surface area contributed by atoms with Gasteiger partial charge in [0.25, 0.3) is 0 Å². The Balaban J connectivity index is 1.12. The van der Waals surface area contributed by atoms with Crippen molar-refractivity contribution in [3.63, 3.8) is 0 Å². The first kappa shape index (κ1) is 37.1. The maximum Gasteiger partial charge on any atom is 0.410 e. The number of rotatable bonds is 14. The molecule has 274 valence electrons. The van der Waals surface area contributed by atoms with Crippen molar-refractivity contribution in [1.82, 2.24) is 20.4 Å². The van der Waals surface area contributed by atoms with Gasteiger partial charge in [-0.15, -0.1) is 0 Å². The van der Waals surface area contributed by atoms with E-state index in [2.05, 4.69) is 10.6 Å². The smallest absolute Gasteiger partial charge is 0.410 e. The first-order chi connectivity index (χ1) is 23.6. The Morgan fingerprint density at radius 2 is 1.92 bits per heavy atom. The molecule has 4 aliphatic rings. The third kappa shape index (κ3) is 9.52. The van der Waals surface area contributed by atoms with Gasteiger partial charge in [0.15, 0.2) is 0 Å². The molecular formula is C36H50FN5O8. The maximum absolute atomic E-state index is 14.2. The number of primary amides is 1. The van der Waals surface area contributed by atoms with Crippen molar-refractivity contribution in [2.24, 2.45) is 23.0 Å². The zero-order valence-corrected chi connectivity index (χ0v) is 29.4. The number of carbonyl (C=O) groups is 5. The third-order valence-electron chi connectivity index (χ3n) is 9.75. The summed E-state index contributed by atoms with van der Waals surface area (Å²) in [6, 6.07) is 2.51. The zero-order valence-electron chi connectivity index (χ0n) is 29.4. The topological polar surface area (TPSA) is 170 Å². The summed E-state index contributed by atoms with van der Waals surface area (Å²) in [4.78, 5) is 67.2. The monoisotopic (exact) mass is 699 g/mol. The van der Waals surface area contributed by atoms with Gasteiger partial charge in [0.1, 0.15) is 29.6 Å². The second-order valence-corrected chi connectivity index (χ2v) is 15.1. The van der Waals surface area contributed by atoms with E-state index in [9.17, 15) is 28.4 Å². The minimum atomic E-state index is -1.07. The number of allylic oxidation sites excluding steroid dienone is 1. The van der Waals surface area contributed by atoms with Gasteiger partial charge in [-0.3, -0.25) is 19.3 Å². The van der Waals surface area contributed by atoms with Crippen molar-refractivity contribution in [3.05, 3.63) is 47.3 Å². The van der Waals surface area contributed by atoms with Crippen LogP contribution in [0.1, 0.15) is 77.3 Å². The van der Waals surface area contributed by atoms with Crippen LogP contribution in [-0.2, 0) is 41.7 Å². The van der Waals surface area contributed by atoms with Crippen LogP contribution in [0.2, 0.25) is 0 Å². The molecule has 5 rings (SSSR count). The number of nitrogens with two attached hydrogens (primary N) is 1. The number of ether oxygens (including phenoxy) is 3. The number of fused-ring (bicyclic) bond motifs is 1. The molecule has 5 atom stereocenters. The van der Waals surface area contributed by atoms with Gasteiger partial charge < -0.3 is 35.5 Å². The lowest BCUT2D eigenvalue weighted by molar-refractivity contribution is -0.139. The average molecular weight is 700 g/mol. The van der Waals surface area contributed by atoms with Gasteiger partial charge in [-0.05, 0) is 76.3 Å². The number of alkyl carbamates (subject to hydrolysis) is 1. The van der Waals surface area contributed by atoms with Crippen LogP contribution in [0.15, 0.2) is 30.4 Å². The number of likely N-dealkylation sites (tertiary alicyclic amines) is 1. The van der Waals surface area contributed by atoms with Crippen molar-refractivity contribution in [2.75, 3.05) is 26.3 Å². The van der Waals surface area contributed by atoms with Crippen LogP contribution in [0.4, 0.5) is 14.0 Å². The number of carbonyl (C=O) groups excluding carboxylic acids is 5. The van der Waals surface area contributed by atoms with Crippen LogP contribution >= 0.6 is 0 Å². The Morgan fingerprint density at radius 1 is 1.16 bits per heavy atom. The Labute approximate surface area is 292 Å². The fourth-order valence-electron chi connectivity index (χ4n) is 6.49. The minimum absolute atomic E-state index is 0.0151. The molecule has 2 saturated carbocycles. The van der Waals surface area contributed by atoms with E-state index in [-0.39, 0.29) is 56.3 Å². The van der Waals surface area contributed by atoms with Gasteiger partial charge in [0.05, 0.1) is 25.1 Å². The average Bonchev–Trinajstić information content (AvgIpc) is 3.88. The highest BCUT2D eigenvalue weighted by molar-refractivity contribution is 5.91. The standard InChI is InChI=1S/C36H50FN5O8/c1-35(2,3)50-33(46)40-28(11-7-15-48-14-6-9-24-17-36(24,4)32(45)39-18-22-12-13-22)31(44)42-20-25(16-29(42)30(38)43)49-34(47)41-19-23-8-5-10-27(37)26(23)21-41/h5-6,8-10,22,24-25,28-29H,7,11-21H2,1-4H3,(H2,38,43)(H,39,45)(H,40,46)/b9-6-/t24-,25-,28+,29+,36+/m1/s1. The van der Waals surface area contributed by atoms with Gasteiger partial charge >= 0.3 is 12.2 Å². The van der Waals surface area contributed by atoms with Crippen LogP contribution in [-0.4, -0.2) is 89.8 Å². The Morgan fingerprint density at radius 3 is 2.60 bits per heavy atom. The van der Waals surface area contributed by atoms with Crippen LogP contribution in [0, 0.1) is 23.1 Å². The molecule has 1 aromatic carbocycles. The largest absolute Gasteiger partial charge is 0.444 e. The molecule has 0 aromatic heterocycles. The molecular weight excluding hydrogens is 649 g/mol. The summed E-state index contributed by atoms with van der Waals surface area (Å²) in [6.07, 6.45) is 5.30. The Bertz CT molecular complexity index is 1490. The summed E-state index contributed by atoms with van der Waals surface area (Å²) in [7, 11) is 0. The quantitative estimate of drug-likeness (QED) is 0.196. The Hall–Kier alpha value is -4.20. The molecule has 14 heteroatoms. The van der Waals surface area contributed by atoms with Crippen LogP contribution < -0.4 is 16.4 Å². The van der Waals surface area contributed by atoms with Crippen LogP contribution in [0.3, 0.4) is 0 Å². The SMILES string of the molecule is CC(C)(C)OC(=O)N[C@@H](CCCOC/C=C\[C@@H]1C[C@]1(C)C(=O)NCC1CC1)C(=O)N1C[C@H](OC(=O)N2Cc3cccc(F)c3C2)C[C@H]1C(N)=O. The minimum Gasteiger partial charge on any atom is -0.444 e. The summed E-state index contributed by atoms with van der Waals surface area (Å²) in [5.41, 5.74) is 5.59. The number of halogens is 1. The molecule has 0 radical (unpaired) electrons. The second kappa shape index (κ2) is 15.4. The highest BCUT2D eigenvalue weighted by Gasteiger charge is 2.54. The molecule has 13 nitrogen and oxygen atoms in total. The molecule has 1 aromatic rings. The van der Waals surface area contributed by atoms with Crippen molar-refractivity contribution >= 4 is 29.9 Å². The van der Waals surface area contributed by atoms with Crippen LogP contribution in [0.25, 0.3) is 0 Å². The van der Waals surface area contributed by atoms with E-state index >= 15 is 0 Å². The summed E-state index contributed by atoms with van der Waals surface area (Å²) < 4.78 is 31.0. The van der Waals surface area contributed by atoms with Gasteiger partial charge in [-0.1, -0.05) is 31.2 Å². The molecule has 2 aliphatic carbocycles. The summed E-state index contributed by atoms with van der Waals surface area (Å²) in [5, 5.41) is 5.69. The molecule has 4 N–H and O–H groups in total. The molecule has 0 spiro atoms. The number of nitrogens with one attached hydrogen (secondary N) is 2. The fourth-order valence-corrected chi connectivity index (χ4v) is 6.49. The highest BCUT2D eigenvalue weighted by atomic mass is 19.1. The van der Waals surface area contributed by atoms with Gasteiger partial charge in [0, 0.05) is 31.7 Å². The molecule has 50 heavy (non-hydrogen) atoms. The zero-order chi connectivity index (χ0) is 36.2. The molecule has 3 fully saturated rings. The second-order valence-electron chi connectivity index (χ2n) is 15.1. The first-order valence-corrected chi connectivity index (χ1v) is 17.5. The number of hydrogen-bond acceptors (Lipinski definition) is 8. The van der Waals surface area contributed by atoms with Gasteiger partial charge in [-0.25, -0.2) is 14.0 Å². The van der Waals surface area contributed by atoms with Crippen molar-refractivity contribution in [2.45, 2.75) is 103 Å². The van der Waals surface area contributed by atoms with E-state index < -0.39 is 53.6 Å². The predicted molar refractivity (Wildman–Crippen MR) is 180 cm³/mol. The maximum atomic E-state index is 14.2. The molecule has 2 heterocycles. The molecule has 1 saturated heterocycles. The predicted octanol–water partition coefficient (Wildman–Crippen LogP) is 3.53. The lowest BCUT2D eigenvalue weighted by Crippen LogP contribution is -2.53. The van der Waals surface area contributed by atoms with Crippen LogP contribution in [0.5, 0.6) is 0 Å². The van der Waals surface area contributed by atoms with Gasteiger partial charge in [-0.2, -0.15) is 0 Å². The van der Waals surface area contributed by atoms with E-state index in [0.717, 1.165) is 13.0 Å². The number of hydrogen-bond donors (Lipinski definition) is 3. The van der Waals surface area contributed by atoms with E-state index in [0.29, 0.717) is 30.1 Å². The van der Waals surface area contributed by atoms with E-state index in [1.165, 1.54) is 28.7 Å². The molecule has 0 bridgehead atoms. The van der Waals surface area contributed by atoms with Crippen molar-refractivity contribution in [3.8, 4) is 0 Å². The third-order valence-corrected chi connectivity index (χ3v) is 9.75. The Kier molecular flexibility index (Phi) is 11.4. The molecule has 2 aliphatic heterocycles. The van der Waals surface area contributed by atoms with E-state index in [4.69, 9.17) is 19.9 Å². The summed E-state index contributed by atoms with van der Waals surface area (Å²) >= 11 is 0. The highest BCUT2D eigenvalue weighted by Crippen LogP contribution is 2.53. The normalized spacial score (nSPS) is 24.9. The molecule has 5 amide bonds. The van der Waals surface area contributed by atoms with Gasteiger partial charge in [0.2, 0.25) is 17.7 Å². The lowest BCUT2D eigenvalue weighted by atomic mass is 10.1. The summed E-state index contributed by atoms with van der Waals surface area (Å²) in [5.74, 6) is -0.842. The molecule has 0 unspecified atom stereocenters. The number of benzene rings is 1. The lowest BCUT2D eigenvalue weighted by Gasteiger charge is -2.28. The van der Waals surface area contributed by atoms with Crippen molar-refractivity contribution < 1.29 is 42.6 Å². The summed E-state index contributed by atoms with van der Waals surface area (Å²) in [6.45, 7) is 8.56. The number of nitrogens with zero attached hydrogens (tertiary/aromatic N) is 2. The first-order valence-electron chi connectivity index (χ1n) is 17.5. The van der Waals surface area contributed by atoms with E-state index in [1.807, 2.05) is 19.1 Å². The fraction of sp³-hybridized carbons (Fsp3) is 0.639. The van der Waals surface area contributed by atoms with E-state index in [1.54, 1.807) is 32.9 Å².